The molecule has 8 nitrogen and oxygen atoms in total. The lowest BCUT2D eigenvalue weighted by Crippen LogP contribution is -2.57. The van der Waals surface area contributed by atoms with E-state index in [1.165, 1.54) is 4.68 Å². The summed E-state index contributed by atoms with van der Waals surface area (Å²) in [6.07, 6.45) is 0.707. The van der Waals surface area contributed by atoms with E-state index in [-0.39, 0.29) is 22.3 Å². The molecule has 0 bridgehead atoms. The highest BCUT2D eigenvalue weighted by Crippen LogP contribution is 2.28. The number of nitrogens with two attached hydrogens (primary N) is 1. The first-order valence-electron chi connectivity index (χ1n) is 8.43. The lowest BCUT2D eigenvalue weighted by atomic mass is 9.79. The Hall–Kier alpha value is -1.45. The van der Waals surface area contributed by atoms with Crippen LogP contribution < -0.4 is 10.5 Å². The second-order valence-corrected chi connectivity index (χ2v) is 9.26. The number of sulfonamides is 1. The zero-order valence-electron chi connectivity index (χ0n) is 15.8. The number of piperidine rings is 1. The van der Waals surface area contributed by atoms with E-state index >= 15 is 0 Å². The van der Waals surface area contributed by atoms with Gasteiger partial charge in [0.2, 0.25) is 15.9 Å². The van der Waals surface area contributed by atoms with Crippen LogP contribution in [0.4, 0.5) is 0 Å². The number of hydrogen-bond acceptors (Lipinski definition) is 5. The Bertz CT molecular complexity index is 769. The predicted octanol–water partition coefficient (Wildman–Crippen LogP) is 0.290. The normalized spacial score (nSPS) is 22.0. The lowest BCUT2D eigenvalue weighted by Gasteiger charge is -2.43. The first kappa shape index (κ1) is 19.9. The van der Waals surface area contributed by atoms with Gasteiger partial charge in [0.1, 0.15) is 4.90 Å². The van der Waals surface area contributed by atoms with E-state index in [1.54, 1.807) is 32.7 Å². The van der Waals surface area contributed by atoms with E-state index in [9.17, 15) is 13.2 Å². The van der Waals surface area contributed by atoms with E-state index in [4.69, 9.17) is 5.73 Å². The summed E-state index contributed by atoms with van der Waals surface area (Å²) in [6.45, 7) is 10.0. The average Bonchev–Trinajstić information content (AvgIpc) is 2.74. The van der Waals surface area contributed by atoms with Crippen LogP contribution in [-0.2, 0) is 21.9 Å². The second-order valence-electron chi connectivity index (χ2n) is 7.61. The Kier molecular flexibility index (Phi) is 5.32. The first-order chi connectivity index (χ1) is 11.4. The summed E-state index contributed by atoms with van der Waals surface area (Å²) in [5.41, 5.74) is 6.87. The van der Waals surface area contributed by atoms with Crippen LogP contribution in [0.15, 0.2) is 4.90 Å². The van der Waals surface area contributed by atoms with Crippen molar-refractivity contribution in [2.45, 2.75) is 58.0 Å². The van der Waals surface area contributed by atoms with Crippen molar-refractivity contribution >= 4 is 15.9 Å². The summed E-state index contributed by atoms with van der Waals surface area (Å²) >= 11 is 0. The number of nitrogens with one attached hydrogen (secondary N) is 1. The van der Waals surface area contributed by atoms with Gasteiger partial charge in [0, 0.05) is 26.2 Å². The highest BCUT2D eigenvalue weighted by molar-refractivity contribution is 7.89. The summed E-state index contributed by atoms with van der Waals surface area (Å²) < 4.78 is 29.4. The van der Waals surface area contributed by atoms with E-state index in [1.807, 2.05) is 13.8 Å². The SMILES string of the molecule is Cc1nn(C)c(C)c1S(=O)(=O)NC(C)C(=O)N1CCC(N)C(C)(C)C1. The molecule has 1 aliphatic rings. The number of hydrogen-bond donors (Lipinski definition) is 2. The molecule has 2 heterocycles. The Balaban J connectivity index is 2.16. The molecule has 1 amide bonds. The van der Waals surface area contributed by atoms with Crippen molar-refractivity contribution in [2.75, 3.05) is 13.1 Å². The number of carbonyl (C=O) groups excluding carboxylic acids is 1. The van der Waals surface area contributed by atoms with Gasteiger partial charge < -0.3 is 10.6 Å². The van der Waals surface area contributed by atoms with Crippen molar-refractivity contribution in [3.63, 3.8) is 0 Å². The van der Waals surface area contributed by atoms with Crippen LogP contribution in [0.25, 0.3) is 0 Å². The standard InChI is InChI=1S/C16H29N5O3S/c1-10-14(12(3)20(6)18-10)25(23,24)19-11(2)15(22)21-8-7-13(17)16(4,5)9-21/h11,13,19H,7-9,17H2,1-6H3. The molecule has 1 aromatic heterocycles. The molecule has 0 spiro atoms. The predicted molar refractivity (Wildman–Crippen MR) is 95.4 cm³/mol. The van der Waals surface area contributed by atoms with Crippen molar-refractivity contribution in [1.82, 2.24) is 19.4 Å². The molecule has 0 radical (unpaired) electrons. The van der Waals surface area contributed by atoms with E-state index in [2.05, 4.69) is 9.82 Å². The lowest BCUT2D eigenvalue weighted by molar-refractivity contribution is -0.136. The van der Waals surface area contributed by atoms with Crippen LogP contribution in [-0.4, -0.2) is 54.2 Å². The molecule has 2 rings (SSSR count). The fourth-order valence-electron chi connectivity index (χ4n) is 3.32. The highest BCUT2D eigenvalue weighted by Gasteiger charge is 2.37. The average molecular weight is 372 g/mol. The van der Waals surface area contributed by atoms with E-state index in [0.29, 0.717) is 30.9 Å². The van der Waals surface area contributed by atoms with Crippen LogP contribution in [0.1, 0.15) is 38.6 Å². The molecule has 0 aromatic carbocycles. The summed E-state index contributed by atoms with van der Waals surface area (Å²) in [5.74, 6) is -0.234. The molecular formula is C16H29N5O3S. The molecule has 3 N–H and O–H groups in total. The molecule has 0 aliphatic carbocycles. The van der Waals surface area contributed by atoms with Crippen molar-refractivity contribution < 1.29 is 13.2 Å². The number of rotatable bonds is 4. The first-order valence-corrected chi connectivity index (χ1v) is 9.92. The van der Waals surface area contributed by atoms with Gasteiger partial charge in [-0.15, -0.1) is 0 Å². The summed E-state index contributed by atoms with van der Waals surface area (Å²) in [7, 11) is -2.14. The van der Waals surface area contributed by atoms with Crippen LogP contribution in [0.5, 0.6) is 0 Å². The van der Waals surface area contributed by atoms with Crippen molar-refractivity contribution in [3.05, 3.63) is 11.4 Å². The monoisotopic (exact) mass is 371 g/mol. The maximum atomic E-state index is 12.7. The van der Waals surface area contributed by atoms with Crippen molar-refractivity contribution in [2.24, 2.45) is 18.2 Å². The molecule has 9 heteroatoms. The minimum atomic E-state index is -3.83. The summed E-state index contributed by atoms with van der Waals surface area (Å²) in [6, 6.07) is -0.821. The minimum Gasteiger partial charge on any atom is -0.341 e. The maximum absolute atomic E-state index is 12.7. The maximum Gasteiger partial charge on any atom is 0.244 e. The van der Waals surface area contributed by atoms with Gasteiger partial charge >= 0.3 is 0 Å². The third-order valence-electron chi connectivity index (χ3n) is 5.04. The quantitative estimate of drug-likeness (QED) is 0.790. The minimum absolute atomic E-state index is 0.0317. The molecule has 1 fully saturated rings. The summed E-state index contributed by atoms with van der Waals surface area (Å²) in [4.78, 5) is 14.5. The smallest absolute Gasteiger partial charge is 0.244 e. The molecule has 1 aromatic rings. The largest absolute Gasteiger partial charge is 0.341 e. The van der Waals surface area contributed by atoms with Crippen LogP contribution in [0.3, 0.4) is 0 Å². The van der Waals surface area contributed by atoms with Gasteiger partial charge in [-0.05, 0) is 32.6 Å². The molecular weight excluding hydrogens is 342 g/mol. The number of nitrogens with zero attached hydrogens (tertiary/aromatic N) is 3. The number of aryl methyl sites for hydroxylation is 2. The third-order valence-corrected chi connectivity index (χ3v) is 6.83. The highest BCUT2D eigenvalue weighted by atomic mass is 32.2. The topological polar surface area (TPSA) is 110 Å². The van der Waals surface area contributed by atoms with Gasteiger partial charge in [0.05, 0.1) is 17.4 Å². The van der Waals surface area contributed by atoms with E-state index < -0.39 is 16.1 Å². The van der Waals surface area contributed by atoms with Crippen LogP contribution in [0.2, 0.25) is 0 Å². The number of aromatic nitrogens is 2. The molecule has 25 heavy (non-hydrogen) atoms. The van der Waals surface area contributed by atoms with Crippen LogP contribution >= 0.6 is 0 Å². The van der Waals surface area contributed by atoms with Gasteiger partial charge in [-0.3, -0.25) is 9.48 Å². The Morgan fingerprint density at radius 2 is 2.00 bits per heavy atom. The van der Waals surface area contributed by atoms with Gasteiger partial charge in [0.15, 0.2) is 0 Å². The van der Waals surface area contributed by atoms with Crippen LogP contribution in [0, 0.1) is 19.3 Å². The molecule has 2 unspecified atom stereocenters. The number of carbonyl (C=O) groups is 1. The molecule has 142 valence electrons. The number of likely N-dealkylation sites (tertiary alicyclic amines) is 1. The number of amides is 1. The molecule has 1 aliphatic heterocycles. The van der Waals surface area contributed by atoms with Crippen molar-refractivity contribution in [3.8, 4) is 0 Å². The molecule has 2 atom stereocenters. The van der Waals surface area contributed by atoms with Gasteiger partial charge in [-0.1, -0.05) is 13.8 Å². The van der Waals surface area contributed by atoms with E-state index in [0.717, 1.165) is 0 Å². The third kappa shape index (κ3) is 3.88. The zero-order valence-corrected chi connectivity index (χ0v) is 16.6. The van der Waals surface area contributed by atoms with Gasteiger partial charge in [0.25, 0.3) is 0 Å². The second kappa shape index (κ2) is 6.69. The fourth-order valence-corrected chi connectivity index (χ4v) is 4.96. The summed E-state index contributed by atoms with van der Waals surface area (Å²) in [5, 5.41) is 4.13. The fraction of sp³-hybridized carbons (Fsp3) is 0.750. The van der Waals surface area contributed by atoms with Gasteiger partial charge in [-0.2, -0.15) is 9.82 Å². The zero-order chi connectivity index (χ0) is 19.2. The van der Waals surface area contributed by atoms with Gasteiger partial charge in [-0.25, -0.2) is 8.42 Å². The Morgan fingerprint density at radius 1 is 1.40 bits per heavy atom. The Labute approximate surface area is 149 Å². The Morgan fingerprint density at radius 3 is 2.48 bits per heavy atom. The van der Waals surface area contributed by atoms with Crippen molar-refractivity contribution in [1.29, 1.82) is 0 Å². The molecule has 1 saturated heterocycles. The molecule has 0 saturated carbocycles.